The van der Waals surface area contributed by atoms with Crippen LogP contribution in [0.2, 0.25) is 0 Å². The van der Waals surface area contributed by atoms with Crippen LogP contribution in [0, 0.1) is 0 Å². The standard InChI is InChI=1S/C11H17NO/c1-9(2)8-10(12)5-6-11-4-3-7-13-11/h3-4,7-8,10H,5-6,12H2,1-2H3. The highest BCUT2D eigenvalue weighted by Gasteiger charge is 2.00. The van der Waals surface area contributed by atoms with E-state index in [0.29, 0.717) is 0 Å². The summed E-state index contributed by atoms with van der Waals surface area (Å²) in [5, 5.41) is 0. The summed E-state index contributed by atoms with van der Waals surface area (Å²) in [6, 6.07) is 4.03. The molecule has 0 spiro atoms. The Morgan fingerprint density at radius 1 is 1.62 bits per heavy atom. The highest BCUT2D eigenvalue weighted by Crippen LogP contribution is 2.06. The van der Waals surface area contributed by atoms with Crippen molar-refractivity contribution in [2.24, 2.45) is 5.73 Å². The third-order valence-corrected chi connectivity index (χ3v) is 1.85. The average molecular weight is 179 g/mol. The second-order valence-electron chi connectivity index (χ2n) is 3.53. The van der Waals surface area contributed by atoms with Crippen molar-refractivity contribution in [2.75, 3.05) is 0 Å². The molecule has 13 heavy (non-hydrogen) atoms. The smallest absolute Gasteiger partial charge is 0.103 e. The fourth-order valence-corrected chi connectivity index (χ4v) is 1.28. The minimum Gasteiger partial charge on any atom is -0.469 e. The van der Waals surface area contributed by atoms with Crippen LogP contribution in [0.3, 0.4) is 0 Å². The van der Waals surface area contributed by atoms with E-state index in [4.69, 9.17) is 10.2 Å². The molecule has 0 aliphatic rings. The molecule has 0 aliphatic carbocycles. The molecule has 0 aromatic carbocycles. The molecule has 0 saturated heterocycles. The zero-order valence-electron chi connectivity index (χ0n) is 8.29. The molecule has 1 rings (SSSR count). The third-order valence-electron chi connectivity index (χ3n) is 1.85. The maximum Gasteiger partial charge on any atom is 0.103 e. The van der Waals surface area contributed by atoms with E-state index in [9.17, 15) is 0 Å². The number of hydrogen-bond donors (Lipinski definition) is 1. The van der Waals surface area contributed by atoms with Gasteiger partial charge in [0.25, 0.3) is 0 Å². The van der Waals surface area contributed by atoms with Gasteiger partial charge in [-0.3, -0.25) is 0 Å². The molecule has 0 fully saturated rings. The van der Waals surface area contributed by atoms with Crippen molar-refractivity contribution < 1.29 is 4.42 Å². The van der Waals surface area contributed by atoms with E-state index < -0.39 is 0 Å². The summed E-state index contributed by atoms with van der Waals surface area (Å²) in [6.45, 7) is 4.12. The maximum atomic E-state index is 5.87. The Morgan fingerprint density at radius 2 is 2.38 bits per heavy atom. The van der Waals surface area contributed by atoms with Gasteiger partial charge in [0.05, 0.1) is 6.26 Å². The number of nitrogens with two attached hydrogens (primary N) is 1. The van der Waals surface area contributed by atoms with E-state index in [1.165, 1.54) is 5.57 Å². The molecular weight excluding hydrogens is 162 g/mol. The van der Waals surface area contributed by atoms with Gasteiger partial charge in [-0.1, -0.05) is 11.6 Å². The topological polar surface area (TPSA) is 39.2 Å². The fourth-order valence-electron chi connectivity index (χ4n) is 1.28. The maximum absolute atomic E-state index is 5.87. The normalized spacial score (nSPS) is 12.5. The van der Waals surface area contributed by atoms with Crippen molar-refractivity contribution in [3.8, 4) is 0 Å². The third kappa shape index (κ3) is 3.95. The SMILES string of the molecule is CC(C)=CC(N)CCc1ccco1. The Hall–Kier alpha value is -1.02. The highest BCUT2D eigenvalue weighted by atomic mass is 16.3. The van der Waals surface area contributed by atoms with Crippen molar-refractivity contribution in [1.29, 1.82) is 0 Å². The van der Waals surface area contributed by atoms with Gasteiger partial charge in [-0.2, -0.15) is 0 Å². The van der Waals surface area contributed by atoms with Crippen LogP contribution in [-0.2, 0) is 6.42 Å². The number of aryl methyl sites for hydroxylation is 1. The molecule has 1 unspecified atom stereocenters. The molecule has 0 bridgehead atoms. The van der Waals surface area contributed by atoms with Gasteiger partial charge in [-0.05, 0) is 32.4 Å². The first-order valence-electron chi connectivity index (χ1n) is 4.61. The minimum atomic E-state index is 0.148. The number of furan rings is 1. The molecule has 1 atom stereocenters. The summed E-state index contributed by atoms with van der Waals surface area (Å²) in [4.78, 5) is 0. The van der Waals surface area contributed by atoms with Crippen molar-refractivity contribution in [3.63, 3.8) is 0 Å². The molecule has 2 nitrogen and oxygen atoms in total. The molecule has 1 aromatic heterocycles. The van der Waals surface area contributed by atoms with E-state index in [1.54, 1.807) is 6.26 Å². The van der Waals surface area contributed by atoms with Crippen molar-refractivity contribution in [2.45, 2.75) is 32.7 Å². The van der Waals surface area contributed by atoms with E-state index in [1.807, 2.05) is 12.1 Å². The molecule has 2 heteroatoms. The zero-order valence-corrected chi connectivity index (χ0v) is 8.29. The Morgan fingerprint density at radius 3 is 2.92 bits per heavy atom. The molecule has 2 N–H and O–H groups in total. The Balaban J connectivity index is 2.31. The van der Waals surface area contributed by atoms with Gasteiger partial charge in [0.2, 0.25) is 0 Å². The van der Waals surface area contributed by atoms with E-state index in [-0.39, 0.29) is 6.04 Å². The van der Waals surface area contributed by atoms with Gasteiger partial charge >= 0.3 is 0 Å². The van der Waals surface area contributed by atoms with Crippen molar-refractivity contribution in [3.05, 3.63) is 35.8 Å². The molecule has 0 aliphatic heterocycles. The summed E-state index contributed by atoms with van der Waals surface area (Å²) in [5.41, 5.74) is 7.14. The van der Waals surface area contributed by atoms with Crippen LogP contribution in [0.15, 0.2) is 34.5 Å². The van der Waals surface area contributed by atoms with Crippen LogP contribution in [0.1, 0.15) is 26.0 Å². The second-order valence-corrected chi connectivity index (χ2v) is 3.53. The van der Waals surface area contributed by atoms with Gasteiger partial charge in [0.15, 0.2) is 0 Å². The molecule has 1 aromatic rings. The van der Waals surface area contributed by atoms with Gasteiger partial charge in [-0.15, -0.1) is 0 Å². The number of hydrogen-bond acceptors (Lipinski definition) is 2. The monoisotopic (exact) mass is 179 g/mol. The summed E-state index contributed by atoms with van der Waals surface area (Å²) in [7, 11) is 0. The van der Waals surface area contributed by atoms with Crippen LogP contribution in [0.4, 0.5) is 0 Å². The Bertz CT molecular complexity index is 258. The van der Waals surface area contributed by atoms with Crippen LogP contribution >= 0.6 is 0 Å². The summed E-state index contributed by atoms with van der Waals surface area (Å²) >= 11 is 0. The summed E-state index contributed by atoms with van der Waals surface area (Å²) in [5.74, 6) is 1.01. The lowest BCUT2D eigenvalue weighted by molar-refractivity contribution is 0.496. The van der Waals surface area contributed by atoms with Crippen LogP contribution < -0.4 is 5.73 Å². The quantitative estimate of drug-likeness (QED) is 0.721. The lowest BCUT2D eigenvalue weighted by Crippen LogP contribution is -2.17. The average Bonchev–Trinajstić information content (AvgIpc) is 2.51. The summed E-state index contributed by atoms with van der Waals surface area (Å²) in [6.07, 6.45) is 5.64. The zero-order chi connectivity index (χ0) is 9.68. The first kappa shape index (κ1) is 10.1. The van der Waals surface area contributed by atoms with Gasteiger partial charge < -0.3 is 10.2 Å². The number of rotatable bonds is 4. The molecule has 0 amide bonds. The highest BCUT2D eigenvalue weighted by molar-refractivity contribution is 5.03. The van der Waals surface area contributed by atoms with Crippen LogP contribution in [0.25, 0.3) is 0 Å². The fraction of sp³-hybridized carbons (Fsp3) is 0.455. The molecule has 0 saturated carbocycles. The van der Waals surface area contributed by atoms with Gasteiger partial charge in [0, 0.05) is 12.5 Å². The molecule has 72 valence electrons. The largest absolute Gasteiger partial charge is 0.469 e. The minimum absolute atomic E-state index is 0.148. The van der Waals surface area contributed by atoms with Crippen LogP contribution in [-0.4, -0.2) is 6.04 Å². The van der Waals surface area contributed by atoms with Crippen LogP contribution in [0.5, 0.6) is 0 Å². The van der Waals surface area contributed by atoms with Crippen molar-refractivity contribution >= 4 is 0 Å². The molecular formula is C11H17NO. The lowest BCUT2D eigenvalue weighted by Gasteiger charge is -2.05. The first-order valence-corrected chi connectivity index (χ1v) is 4.61. The van der Waals surface area contributed by atoms with Gasteiger partial charge in [0.1, 0.15) is 5.76 Å². The lowest BCUT2D eigenvalue weighted by atomic mass is 10.1. The van der Waals surface area contributed by atoms with E-state index in [2.05, 4.69) is 19.9 Å². The predicted molar refractivity (Wildman–Crippen MR) is 54.4 cm³/mol. The second kappa shape index (κ2) is 4.87. The Kier molecular flexibility index (Phi) is 3.77. The first-order chi connectivity index (χ1) is 6.18. The predicted octanol–water partition coefficient (Wildman–Crippen LogP) is 2.51. The Labute approximate surface area is 79.4 Å². The van der Waals surface area contributed by atoms with E-state index in [0.717, 1.165) is 18.6 Å². The summed E-state index contributed by atoms with van der Waals surface area (Å²) < 4.78 is 5.21. The van der Waals surface area contributed by atoms with E-state index >= 15 is 0 Å². The van der Waals surface area contributed by atoms with Crippen molar-refractivity contribution in [1.82, 2.24) is 0 Å². The number of allylic oxidation sites excluding steroid dienone is 1. The molecule has 1 heterocycles. The van der Waals surface area contributed by atoms with Gasteiger partial charge in [-0.25, -0.2) is 0 Å². The molecule has 0 radical (unpaired) electrons.